The molecule has 1 N–H and O–H groups in total. The summed E-state index contributed by atoms with van der Waals surface area (Å²) in [6.07, 6.45) is 1.58. The van der Waals surface area contributed by atoms with Crippen LogP contribution in [0.25, 0.3) is 0 Å². The molecule has 0 saturated carbocycles. The van der Waals surface area contributed by atoms with Gasteiger partial charge in [0.05, 0.1) is 12.8 Å². The van der Waals surface area contributed by atoms with Crippen molar-refractivity contribution in [1.29, 1.82) is 0 Å². The normalized spacial score (nSPS) is 15.1. The van der Waals surface area contributed by atoms with Gasteiger partial charge in [-0.1, -0.05) is 12.1 Å². The summed E-state index contributed by atoms with van der Waals surface area (Å²) >= 11 is 0. The lowest BCUT2D eigenvalue weighted by atomic mass is 9.96. The fourth-order valence-electron chi connectivity index (χ4n) is 3.17. The van der Waals surface area contributed by atoms with Crippen LogP contribution >= 0.6 is 0 Å². The van der Waals surface area contributed by atoms with Gasteiger partial charge in [0.2, 0.25) is 11.9 Å². The molecule has 6 nitrogen and oxygen atoms in total. The summed E-state index contributed by atoms with van der Waals surface area (Å²) in [6.45, 7) is 5.52. The first kappa shape index (κ1) is 17.2. The van der Waals surface area contributed by atoms with E-state index >= 15 is 0 Å². The maximum Gasteiger partial charge on any atom is 0.227 e. The van der Waals surface area contributed by atoms with E-state index in [1.807, 2.05) is 44.2 Å². The summed E-state index contributed by atoms with van der Waals surface area (Å²) in [5.41, 5.74) is 2.66. The van der Waals surface area contributed by atoms with Crippen LogP contribution in [-0.2, 0) is 4.79 Å². The number of anilines is 2. The molecule has 0 aliphatic carbocycles. The molecule has 0 radical (unpaired) electrons. The van der Waals surface area contributed by atoms with Gasteiger partial charge in [-0.3, -0.25) is 4.79 Å². The Morgan fingerprint density at radius 1 is 1.16 bits per heavy atom. The van der Waals surface area contributed by atoms with E-state index in [0.29, 0.717) is 5.75 Å². The molecule has 1 aromatic heterocycles. The SMILES string of the molecule is COc1ccccc1NC(=O)C1CCN(c2nc(C)cc(C)n2)CC1. The van der Waals surface area contributed by atoms with Crippen molar-refractivity contribution >= 4 is 17.5 Å². The number of nitrogens with zero attached hydrogens (tertiary/aromatic N) is 3. The van der Waals surface area contributed by atoms with Crippen LogP contribution in [0.4, 0.5) is 11.6 Å². The van der Waals surface area contributed by atoms with Crippen LogP contribution in [-0.4, -0.2) is 36.1 Å². The first-order valence-corrected chi connectivity index (χ1v) is 8.58. The number of rotatable bonds is 4. The summed E-state index contributed by atoms with van der Waals surface area (Å²) in [5.74, 6) is 1.48. The van der Waals surface area contributed by atoms with E-state index in [0.717, 1.165) is 49.0 Å². The molecule has 0 unspecified atom stereocenters. The van der Waals surface area contributed by atoms with Gasteiger partial charge in [0.1, 0.15) is 5.75 Å². The van der Waals surface area contributed by atoms with Crippen LogP contribution < -0.4 is 15.0 Å². The summed E-state index contributed by atoms with van der Waals surface area (Å²) in [4.78, 5) is 23.8. The molecule has 1 aromatic carbocycles. The number of amides is 1. The Kier molecular flexibility index (Phi) is 5.16. The Labute approximate surface area is 148 Å². The second kappa shape index (κ2) is 7.51. The van der Waals surface area contributed by atoms with Crippen LogP contribution in [0.1, 0.15) is 24.2 Å². The van der Waals surface area contributed by atoms with Crippen molar-refractivity contribution in [2.24, 2.45) is 5.92 Å². The molecule has 1 aliphatic rings. The maximum atomic E-state index is 12.6. The lowest BCUT2D eigenvalue weighted by Crippen LogP contribution is -2.39. The van der Waals surface area contributed by atoms with Gasteiger partial charge < -0.3 is 15.0 Å². The maximum absolute atomic E-state index is 12.6. The first-order chi connectivity index (χ1) is 12.1. The fraction of sp³-hybridized carbons (Fsp3) is 0.421. The van der Waals surface area contributed by atoms with Crippen LogP contribution in [0.5, 0.6) is 5.75 Å². The molecule has 25 heavy (non-hydrogen) atoms. The number of methoxy groups -OCH3 is 1. The molecular weight excluding hydrogens is 316 g/mol. The van der Waals surface area contributed by atoms with E-state index in [4.69, 9.17) is 4.74 Å². The Morgan fingerprint density at radius 3 is 2.44 bits per heavy atom. The number of aryl methyl sites for hydroxylation is 2. The van der Waals surface area contributed by atoms with Gasteiger partial charge in [-0.05, 0) is 44.9 Å². The number of hydrogen-bond donors (Lipinski definition) is 1. The van der Waals surface area contributed by atoms with Crippen molar-refractivity contribution in [3.63, 3.8) is 0 Å². The summed E-state index contributed by atoms with van der Waals surface area (Å²) in [5, 5.41) is 2.99. The molecule has 1 aliphatic heterocycles. The Morgan fingerprint density at radius 2 is 1.80 bits per heavy atom. The first-order valence-electron chi connectivity index (χ1n) is 8.58. The summed E-state index contributed by atoms with van der Waals surface area (Å²) < 4.78 is 5.29. The molecule has 2 aromatic rings. The largest absolute Gasteiger partial charge is 0.495 e. The van der Waals surface area contributed by atoms with Crippen LogP contribution in [0.3, 0.4) is 0 Å². The minimum Gasteiger partial charge on any atom is -0.495 e. The van der Waals surface area contributed by atoms with E-state index in [2.05, 4.69) is 20.2 Å². The van der Waals surface area contributed by atoms with Crippen molar-refractivity contribution in [3.8, 4) is 5.75 Å². The molecule has 0 spiro atoms. The van der Waals surface area contributed by atoms with E-state index in [1.165, 1.54) is 0 Å². The Hall–Kier alpha value is -2.63. The average Bonchev–Trinajstić information content (AvgIpc) is 2.61. The number of benzene rings is 1. The van der Waals surface area contributed by atoms with Crippen molar-refractivity contribution < 1.29 is 9.53 Å². The van der Waals surface area contributed by atoms with Gasteiger partial charge in [0.15, 0.2) is 0 Å². The highest BCUT2D eigenvalue weighted by atomic mass is 16.5. The molecule has 0 bridgehead atoms. The Balaban J connectivity index is 1.61. The third-order valence-corrected chi connectivity index (χ3v) is 4.48. The van der Waals surface area contributed by atoms with Crippen LogP contribution in [0.2, 0.25) is 0 Å². The highest BCUT2D eigenvalue weighted by Crippen LogP contribution is 2.26. The van der Waals surface area contributed by atoms with Crippen molar-refractivity contribution in [1.82, 2.24) is 9.97 Å². The third-order valence-electron chi connectivity index (χ3n) is 4.48. The Bertz CT molecular complexity index is 735. The minimum absolute atomic E-state index is 0.00734. The second-order valence-electron chi connectivity index (χ2n) is 6.40. The molecule has 6 heteroatoms. The van der Waals surface area contributed by atoms with Gasteiger partial charge in [0, 0.05) is 30.4 Å². The van der Waals surface area contributed by atoms with E-state index in [1.54, 1.807) is 7.11 Å². The highest BCUT2D eigenvalue weighted by molar-refractivity contribution is 5.94. The van der Waals surface area contributed by atoms with Crippen molar-refractivity contribution in [3.05, 3.63) is 41.7 Å². The van der Waals surface area contributed by atoms with E-state index < -0.39 is 0 Å². The van der Waals surface area contributed by atoms with Gasteiger partial charge in [0.25, 0.3) is 0 Å². The second-order valence-corrected chi connectivity index (χ2v) is 6.40. The number of para-hydroxylation sites is 2. The zero-order chi connectivity index (χ0) is 17.8. The van der Waals surface area contributed by atoms with E-state index in [9.17, 15) is 4.79 Å². The number of nitrogens with one attached hydrogen (secondary N) is 1. The molecule has 0 atom stereocenters. The summed E-state index contributed by atoms with van der Waals surface area (Å²) in [6, 6.07) is 9.44. The molecule has 2 heterocycles. The standard InChI is InChI=1S/C19H24N4O2/c1-13-12-14(2)21-19(20-13)23-10-8-15(9-11-23)18(24)22-16-6-4-5-7-17(16)25-3/h4-7,12,15H,8-11H2,1-3H3,(H,22,24). The van der Waals surface area contributed by atoms with Gasteiger partial charge in [-0.25, -0.2) is 9.97 Å². The zero-order valence-corrected chi connectivity index (χ0v) is 15.0. The predicted octanol–water partition coefficient (Wildman–Crippen LogP) is 2.96. The predicted molar refractivity (Wildman–Crippen MR) is 98.1 cm³/mol. The number of carbonyl (C=O) groups is 1. The third kappa shape index (κ3) is 4.07. The number of piperidine rings is 1. The number of aromatic nitrogens is 2. The molecule has 1 amide bonds. The van der Waals surface area contributed by atoms with Crippen LogP contribution in [0, 0.1) is 19.8 Å². The minimum atomic E-state index is -0.00734. The van der Waals surface area contributed by atoms with E-state index in [-0.39, 0.29) is 11.8 Å². The van der Waals surface area contributed by atoms with Crippen molar-refractivity contribution in [2.75, 3.05) is 30.4 Å². The topological polar surface area (TPSA) is 67.3 Å². The molecular formula is C19H24N4O2. The molecule has 3 rings (SSSR count). The molecule has 1 fully saturated rings. The lowest BCUT2D eigenvalue weighted by Gasteiger charge is -2.31. The quantitative estimate of drug-likeness (QED) is 0.927. The van der Waals surface area contributed by atoms with Crippen LogP contribution in [0.15, 0.2) is 30.3 Å². The van der Waals surface area contributed by atoms with Crippen molar-refractivity contribution in [2.45, 2.75) is 26.7 Å². The number of ether oxygens (including phenoxy) is 1. The van der Waals surface area contributed by atoms with Gasteiger partial charge in [-0.15, -0.1) is 0 Å². The van der Waals surface area contributed by atoms with Gasteiger partial charge in [-0.2, -0.15) is 0 Å². The smallest absolute Gasteiger partial charge is 0.227 e. The van der Waals surface area contributed by atoms with Gasteiger partial charge >= 0.3 is 0 Å². The fourth-order valence-corrected chi connectivity index (χ4v) is 3.17. The molecule has 1 saturated heterocycles. The highest BCUT2D eigenvalue weighted by Gasteiger charge is 2.26. The lowest BCUT2D eigenvalue weighted by molar-refractivity contribution is -0.120. The number of carbonyl (C=O) groups excluding carboxylic acids is 1. The summed E-state index contributed by atoms with van der Waals surface area (Å²) in [7, 11) is 1.60. The zero-order valence-electron chi connectivity index (χ0n) is 15.0. The average molecular weight is 340 g/mol. The molecule has 132 valence electrons. The monoisotopic (exact) mass is 340 g/mol. The number of hydrogen-bond acceptors (Lipinski definition) is 5.